The molecular formula is C24H24ClFN8O. The first kappa shape index (κ1) is 22.1. The van der Waals surface area contributed by atoms with Crippen molar-refractivity contribution in [1.82, 2.24) is 19.4 Å². The van der Waals surface area contributed by atoms with Crippen molar-refractivity contribution in [2.24, 2.45) is 5.73 Å². The second-order valence-corrected chi connectivity index (χ2v) is 9.66. The van der Waals surface area contributed by atoms with E-state index in [2.05, 4.69) is 27.9 Å². The van der Waals surface area contributed by atoms with Crippen LogP contribution in [0, 0.1) is 17.1 Å². The number of nitrogens with two attached hydrogens (primary N) is 1. The molecule has 1 aromatic carbocycles. The van der Waals surface area contributed by atoms with Crippen LogP contribution in [0.4, 0.5) is 15.8 Å². The fraction of sp³-hybridized carbons (Fsp3) is 0.375. The summed E-state index contributed by atoms with van der Waals surface area (Å²) < 4.78 is 23.6. The van der Waals surface area contributed by atoms with Crippen LogP contribution in [0.1, 0.15) is 24.4 Å². The van der Waals surface area contributed by atoms with Crippen molar-refractivity contribution >= 4 is 39.4 Å². The Kier molecular flexibility index (Phi) is 5.11. The molecule has 35 heavy (non-hydrogen) atoms. The first-order valence-electron chi connectivity index (χ1n) is 11.4. The van der Waals surface area contributed by atoms with Crippen LogP contribution in [0.2, 0.25) is 5.02 Å². The maximum Gasteiger partial charge on any atom is 0.171 e. The predicted molar refractivity (Wildman–Crippen MR) is 131 cm³/mol. The number of nitriles is 1. The summed E-state index contributed by atoms with van der Waals surface area (Å²) >= 11 is 6.76. The number of aromatic nitrogens is 4. The van der Waals surface area contributed by atoms with E-state index in [9.17, 15) is 9.65 Å². The molecule has 3 aromatic heterocycles. The maximum atomic E-state index is 14.7. The molecule has 0 bridgehead atoms. The maximum absolute atomic E-state index is 14.7. The fourth-order valence-corrected chi connectivity index (χ4v) is 5.67. The number of ether oxygens (including phenoxy) is 1. The van der Waals surface area contributed by atoms with E-state index in [1.54, 1.807) is 19.2 Å². The van der Waals surface area contributed by atoms with Gasteiger partial charge in [-0.1, -0.05) is 11.6 Å². The molecule has 2 N–H and O–H groups in total. The number of anilines is 2. The van der Waals surface area contributed by atoms with E-state index in [4.69, 9.17) is 27.2 Å². The smallest absolute Gasteiger partial charge is 0.171 e. The lowest BCUT2D eigenvalue weighted by atomic mass is 10.1. The zero-order chi connectivity index (χ0) is 24.4. The topological polar surface area (TPSA) is 101 Å². The summed E-state index contributed by atoms with van der Waals surface area (Å²) in [6, 6.07) is 9.45. The summed E-state index contributed by atoms with van der Waals surface area (Å²) in [5.41, 5.74) is 10.2. The normalized spacial score (nSPS) is 22.2. The number of benzene rings is 1. The quantitative estimate of drug-likeness (QED) is 0.467. The van der Waals surface area contributed by atoms with Gasteiger partial charge in [0.2, 0.25) is 0 Å². The molecule has 0 amide bonds. The van der Waals surface area contributed by atoms with E-state index >= 15 is 0 Å². The first-order valence-corrected chi connectivity index (χ1v) is 11.8. The number of hydrogen-bond acceptors (Lipinski definition) is 7. The third kappa shape index (κ3) is 3.34. The van der Waals surface area contributed by atoms with Crippen molar-refractivity contribution in [3.8, 4) is 6.07 Å². The third-order valence-electron chi connectivity index (χ3n) is 7.11. The molecular weight excluding hydrogens is 471 g/mol. The number of methoxy groups -OCH3 is 1. The molecule has 0 unspecified atom stereocenters. The van der Waals surface area contributed by atoms with Crippen LogP contribution in [-0.4, -0.2) is 58.3 Å². The Labute approximate surface area is 206 Å². The largest absolute Gasteiger partial charge is 0.378 e. The van der Waals surface area contributed by atoms with Gasteiger partial charge in [-0.2, -0.15) is 15.5 Å². The van der Waals surface area contributed by atoms with Gasteiger partial charge in [0.15, 0.2) is 5.82 Å². The molecule has 1 saturated heterocycles. The van der Waals surface area contributed by atoms with Crippen molar-refractivity contribution < 1.29 is 9.13 Å². The summed E-state index contributed by atoms with van der Waals surface area (Å²) in [7, 11) is 1.67. The molecule has 2 aliphatic rings. The van der Waals surface area contributed by atoms with Gasteiger partial charge in [0.25, 0.3) is 0 Å². The van der Waals surface area contributed by atoms with E-state index in [0.717, 1.165) is 28.5 Å². The fourth-order valence-electron chi connectivity index (χ4n) is 5.39. The Balaban J connectivity index is 1.41. The molecule has 0 radical (unpaired) electrons. The number of rotatable bonds is 3. The second-order valence-electron chi connectivity index (χ2n) is 9.25. The Morgan fingerprint density at radius 3 is 2.77 bits per heavy atom. The number of nitrogens with zero attached hydrogens (tertiary/aromatic N) is 7. The van der Waals surface area contributed by atoms with Crippen molar-refractivity contribution in [3.63, 3.8) is 0 Å². The molecule has 9 nitrogen and oxygen atoms in total. The van der Waals surface area contributed by atoms with Gasteiger partial charge in [0.1, 0.15) is 17.3 Å². The number of fused-ring (bicyclic) bond motifs is 4. The van der Waals surface area contributed by atoms with Gasteiger partial charge in [0, 0.05) is 32.1 Å². The average Bonchev–Trinajstić information content (AvgIpc) is 3.53. The van der Waals surface area contributed by atoms with Gasteiger partial charge in [-0.25, -0.2) is 8.91 Å². The number of pyridine rings is 1. The minimum atomic E-state index is -0.459. The van der Waals surface area contributed by atoms with Crippen molar-refractivity contribution in [3.05, 3.63) is 52.7 Å². The summed E-state index contributed by atoms with van der Waals surface area (Å²) in [5, 5.41) is 19.9. The molecule has 180 valence electrons. The van der Waals surface area contributed by atoms with Gasteiger partial charge < -0.3 is 20.3 Å². The summed E-state index contributed by atoms with van der Waals surface area (Å²) in [6.07, 6.45) is 1.10. The second kappa shape index (κ2) is 8.09. The molecule has 0 aliphatic carbocycles. The lowest BCUT2D eigenvalue weighted by Crippen LogP contribution is -2.36. The SMILES string of the molecule is CO[C@@H]1CN(c2cc3nn4c(c3cc2Cl)CN(c2ccc(C#N)n3ncc(F)c23)C[C@H]4C)C[C@@H]1N. The predicted octanol–water partition coefficient (Wildman–Crippen LogP) is 3.09. The lowest BCUT2D eigenvalue weighted by Gasteiger charge is -2.34. The van der Waals surface area contributed by atoms with Crippen molar-refractivity contribution in [2.75, 3.05) is 36.5 Å². The summed E-state index contributed by atoms with van der Waals surface area (Å²) in [6.45, 7) is 4.56. The highest BCUT2D eigenvalue weighted by Crippen LogP contribution is 2.38. The Hall–Kier alpha value is -3.39. The van der Waals surface area contributed by atoms with Crippen LogP contribution < -0.4 is 15.5 Å². The lowest BCUT2D eigenvalue weighted by molar-refractivity contribution is 0.108. The molecule has 4 aromatic rings. The minimum absolute atomic E-state index is 0.0353. The van der Waals surface area contributed by atoms with Crippen molar-refractivity contribution in [2.45, 2.75) is 31.7 Å². The molecule has 2 aliphatic heterocycles. The molecule has 0 spiro atoms. The third-order valence-corrected chi connectivity index (χ3v) is 7.42. The molecule has 6 rings (SSSR count). The molecule has 1 fully saturated rings. The highest BCUT2D eigenvalue weighted by molar-refractivity contribution is 6.34. The molecule has 3 atom stereocenters. The van der Waals surface area contributed by atoms with Crippen LogP contribution in [0.15, 0.2) is 30.5 Å². The Morgan fingerprint density at radius 2 is 2.03 bits per heavy atom. The monoisotopic (exact) mass is 494 g/mol. The minimum Gasteiger partial charge on any atom is -0.378 e. The van der Waals surface area contributed by atoms with Crippen LogP contribution >= 0.6 is 11.6 Å². The zero-order valence-corrected chi connectivity index (χ0v) is 20.1. The Bertz CT molecular complexity index is 1510. The molecule has 0 saturated carbocycles. The van der Waals surface area contributed by atoms with Gasteiger partial charge in [-0.15, -0.1) is 0 Å². The van der Waals surface area contributed by atoms with Crippen LogP contribution in [0.5, 0.6) is 0 Å². The molecule has 11 heteroatoms. The summed E-state index contributed by atoms with van der Waals surface area (Å²) in [5.74, 6) is -0.459. The number of halogens is 2. The highest BCUT2D eigenvalue weighted by atomic mass is 35.5. The summed E-state index contributed by atoms with van der Waals surface area (Å²) in [4.78, 5) is 4.25. The van der Waals surface area contributed by atoms with Gasteiger partial charge in [-0.3, -0.25) is 4.68 Å². The van der Waals surface area contributed by atoms with Crippen molar-refractivity contribution in [1.29, 1.82) is 5.26 Å². The van der Waals surface area contributed by atoms with Gasteiger partial charge >= 0.3 is 0 Å². The van der Waals surface area contributed by atoms with E-state index in [1.807, 2.05) is 16.8 Å². The standard InChI is InChI=1S/C24H24ClFN8O/c1-13-9-31(20-4-3-14(7-27)34-24(20)17(26)8-29-34)11-22-15-5-16(25)21(6-19(15)30-33(13)22)32-10-18(28)23(12-32)35-2/h3-6,8,13,18,23H,9-12,28H2,1-2H3/t13-,18+,23-/m1/s1. The van der Waals surface area contributed by atoms with E-state index in [1.165, 1.54) is 4.52 Å². The van der Waals surface area contributed by atoms with Crippen LogP contribution in [-0.2, 0) is 11.3 Å². The van der Waals surface area contributed by atoms with Crippen LogP contribution in [0.25, 0.3) is 16.4 Å². The van der Waals surface area contributed by atoms with E-state index in [0.29, 0.717) is 42.4 Å². The zero-order valence-electron chi connectivity index (χ0n) is 19.3. The van der Waals surface area contributed by atoms with E-state index < -0.39 is 5.82 Å². The van der Waals surface area contributed by atoms with Crippen LogP contribution in [0.3, 0.4) is 0 Å². The van der Waals surface area contributed by atoms with E-state index in [-0.39, 0.29) is 23.9 Å². The first-order chi connectivity index (χ1) is 16.9. The van der Waals surface area contributed by atoms with Gasteiger partial charge in [0.05, 0.1) is 58.5 Å². The highest BCUT2D eigenvalue weighted by Gasteiger charge is 2.33. The van der Waals surface area contributed by atoms with Gasteiger partial charge in [-0.05, 0) is 31.2 Å². The number of hydrogen-bond donors (Lipinski definition) is 1. The Morgan fingerprint density at radius 1 is 1.20 bits per heavy atom. The average molecular weight is 495 g/mol. The molecule has 5 heterocycles.